The molecule has 0 fully saturated rings. The van der Waals surface area contributed by atoms with E-state index in [4.69, 9.17) is 15.0 Å². The topological polar surface area (TPSA) is 56.5 Å². The van der Waals surface area contributed by atoms with Crippen LogP contribution < -0.4 is 0 Å². The van der Waals surface area contributed by atoms with Gasteiger partial charge in [0.1, 0.15) is 0 Å². The lowest BCUT2D eigenvalue weighted by molar-refractivity contribution is 1.07. The van der Waals surface area contributed by atoms with Crippen LogP contribution in [0, 0.1) is 0 Å². The lowest BCUT2D eigenvalue weighted by Gasteiger charge is -2.14. The zero-order valence-corrected chi connectivity index (χ0v) is 28.5. The monoisotopic (exact) mass is 675 g/mol. The lowest BCUT2D eigenvalue weighted by atomic mass is 9.91. The molecule has 7 aromatic carbocycles. The molecule has 1 aliphatic carbocycles. The van der Waals surface area contributed by atoms with Crippen LogP contribution in [0.25, 0.3) is 106 Å². The summed E-state index contributed by atoms with van der Waals surface area (Å²) >= 11 is 0. The second kappa shape index (κ2) is 11.7. The Kier molecular flexibility index (Phi) is 6.48. The zero-order chi connectivity index (χ0) is 34.9. The first kappa shape index (κ1) is 29.5. The van der Waals surface area contributed by atoms with Crippen molar-refractivity contribution >= 4 is 32.6 Å². The molecule has 53 heavy (non-hydrogen) atoms. The molecule has 0 bridgehead atoms. The molecule has 0 aliphatic heterocycles. The van der Waals surface area contributed by atoms with Crippen LogP contribution in [0.4, 0.5) is 0 Å². The van der Waals surface area contributed by atoms with Crippen molar-refractivity contribution in [1.29, 1.82) is 0 Å². The molecule has 5 heteroatoms. The summed E-state index contributed by atoms with van der Waals surface area (Å²) in [5.74, 6) is 1.93. The van der Waals surface area contributed by atoms with E-state index in [1.54, 1.807) is 0 Å². The second-order valence-corrected chi connectivity index (χ2v) is 13.5. The third-order valence-corrected chi connectivity index (χ3v) is 10.5. The molecule has 0 N–H and O–H groups in total. The van der Waals surface area contributed by atoms with Gasteiger partial charge in [0.25, 0.3) is 0 Å². The number of benzene rings is 7. The molecule has 3 aromatic heterocycles. The summed E-state index contributed by atoms with van der Waals surface area (Å²) in [6.07, 6.45) is 3.92. The molecule has 246 valence electrons. The Labute approximate surface area is 305 Å². The van der Waals surface area contributed by atoms with Gasteiger partial charge >= 0.3 is 0 Å². The highest BCUT2D eigenvalue weighted by molar-refractivity contribution is 6.28. The van der Waals surface area contributed by atoms with E-state index in [0.717, 1.165) is 39.0 Å². The van der Waals surface area contributed by atoms with Crippen LogP contribution in [0.2, 0.25) is 0 Å². The molecule has 0 amide bonds. The van der Waals surface area contributed by atoms with Crippen molar-refractivity contribution in [3.63, 3.8) is 0 Å². The predicted molar refractivity (Wildman–Crippen MR) is 216 cm³/mol. The van der Waals surface area contributed by atoms with Crippen LogP contribution in [0.15, 0.2) is 176 Å². The number of aromatic nitrogens is 5. The zero-order valence-electron chi connectivity index (χ0n) is 28.5. The summed E-state index contributed by atoms with van der Waals surface area (Å²) in [6.45, 7) is 0. The van der Waals surface area contributed by atoms with Gasteiger partial charge < -0.3 is 4.57 Å². The summed E-state index contributed by atoms with van der Waals surface area (Å²) < 4.78 is 2.40. The highest BCUT2D eigenvalue weighted by atomic mass is 15.0. The van der Waals surface area contributed by atoms with Crippen molar-refractivity contribution < 1.29 is 0 Å². The smallest absolute Gasteiger partial charge is 0.164 e. The number of rotatable bonds is 4. The van der Waals surface area contributed by atoms with E-state index < -0.39 is 0 Å². The highest BCUT2D eigenvalue weighted by Gasteiger charge is 2.25. The van der Waals surface area contributed by atoms with Gasteiger partial charge in [0.05, 0.1) is 11.0 Å². The largest absolute Gasteiger partial charge is 0.309 e. The van der Waals surface area contributed by atoms with Crippen LogP contribution in [-0.2, 0) is 0 Å². The summed E-state index contributed by atoms with van der Waals surface area (Å²) in [7, 11) is 0. The maximum atomic E-state index is 4.98. The van der Waals surface area contributed by atoms with Gasteiger partial charge in [-0.1, -0.05) is 121 Å². The standard InChI is InChI=1S/C48H29N5/c1-3-12-30(13-4-1)46-50-47(31-14-5-2-6-15-31)52-48(51-46)32-22-24-33(25-23-32)53-42-21-10-9-18-38(42)45-39-20-11-19-37-34-16-7-8-17-35(34)41-29-49-27-26-36(41)40(44(37)39)28-43(45)53/h1-29H. The molecule has 0 saturated carbocycles. The minimum absolute atomic E-state index is 0.635. The van der Waals surface area contributed by atoms with Crippen LogP contribution in [-0.4, -0.2) is 24.5 Å². The molecule has 5 nitrogen and oxygen atoms in total. The Bertz CT molecular complexity index is 2980. The van der Waals surface area contributed by atoms with Crippen LogP contribution >= 0.6 is 0 Å². The van der Waals surface area contributed by atoms with Gasteiger partial charge in [-0.15, -0.1) is 0 Å². The molecule has 10 aromatic rings. The molecule has 0 atom stereocenters. The van der Waals surface area contributed by atoms with E-state index in [1.165, 1.54) is 49.4 Å². The van der Waals surface area contributed by atoms with E-state index in [0.29, 0.717) is 17.5 Å². The van der Waals surface area contributed by atoms with Gasteiger partial charge in [0, 0.05) is 51.1 Å². The Balaban J connectivity index is 1.14. The third kappa shape index (κ3) is 4.57. The minimum atomic E-state index is 0.635. The SMILES string of the molecule is c1ccc(-c2nc(-c3ccccc3)nc(-c3ccc(-n4c5ccccc5c5c6cccc7c6c(cc54)-c4ccncc4-c4ccccc4-7)cc3)n2)cc1. The van der Waals surface area contributed by atoms with Crippen molar-refractivity contribution in [1.82, 2.24) is 24.5 Å². The molecule has 0 unspecified atom stereocenters. The number of hydrogen-bond donors (Lipinski definition) is 0. The molecular formula is C48H29N5. The van der Waals surface area contributed by atoms with Gasteiger partial charge in [0.2, 0.25) is 0 Å². The first-order chi connectivity index (χ1) is 26.3. The number of hydrogen-bond acceptors (Lipinski definition) is 4. The number of nitrogens with zero attached hydrogens (tertiary/aromatic N) is 5. The van der Waals surface area contributed by atoms with Gasteiger partial charge in [-0.25, -0.2) is 15.0 Å². The van der Waals surface area contributed by atoms with E-state index in [1.807, 2.05) is 73.1 Å². The van der Waals surface area contributed by atoms with Crippen LogP contribution in [0.3, 0.4) is 0 Å². The summed E-state index contributed by atoms with van der Waals surface area (Å²) in [5.41, 5.74) is 13.4. The summed E-state index contributed by atoms with van der Waals surface area (Å²) in [6, 6.07) is 57.6. The Hall–Kier alpha value is -7.24. The third-order valence-electron chi connectivity index (χ3n) is 10.5. The molecule has 1 aliphatic rings. The number of pyridine rings is 1. The van der Waals surface area contributed by atoms with Gasteiger partial charge in [0.15, 0.2) is 17.5 Å². The Morgan fingerprint density at radius 1 is 0.358 bits per heavy atom. The van der Waals surface area contributed by atoms with Gasteiger partial charge in [-0.3, -0.25) is 4.98 Å². The van der Waals surface area contributed by atoms with E-state index in [9.17, 15) is 0 Å². The van der Waals surface area contributed by atoms with E-state index >= 15 is 0 Å². The maximum absolute atomic E-state index is 4.98. The molecular weight excluding hydrogens is 647 g/mol. The van der Waals surface area contributed by atoms with E-state index in [2.05, 4.69) is 113 Å². The molecule has 0 saturated heterocycles. The second-order valence-electron chi connectivity index (χ2n) is 13.5. The summed E-state index contributed by atoms with van der Waals surface area (Å²) in [4.78, 5) is 19.4. The quantitative estimate of drug-likeness (QED) is 0.186. The van der Waals surface area contributed by atoms with Crippen LogP contribution in [0.1, 0.15) is 0 Å². The molecule has 0 spiro atoms. The average Bonchev–Trinajstić information content (AvgIpc) is 3.52. The average molecular weight is 676 g/mol. The fourth-order valence-corrected chi connectivity index (χ4v) is 8.15. The molecule has 0 radical (unpaired) electrons. The van der Waals surface area contributed by atoms with Crippen molar-refractivity contribution in [3.05, 3.63) is 176 Å². The van der Waals surface area contributed by atoms with E-state index in [-0.39, 0.29) is 0 Å². The van der Waals surface area contributed by atoms with Crippen molar-refractivity contribution in [2.45, 2.75) is 0 Å². The lowest BCUT2D eigenvalue weighted by Crippen LogP contribution is -2.00. The number of fused-ring (bicyclic) bond motifs is 9. The number of para-hydroxylation sites is 1. The first-order valence-corrected chi connectivity index (χ1v) is 17.8. The molecule has 3 heterocycles. The predicted octanol–water partition coefficient (Wildman–Crippen LogP) is 11.8. The minimum Gasteiger partial charge on any atom is -0.309 e. The Morgan fingerprint density at radius 3 is 1.60 bits per heavy atom. The summed E-state index contributed by atoms with van der Waals surface area (Å²) in [5, 5.41) is 4.99. The van der Waals surface area contributed by atoms with Crippen molar-refractivity contribution in [3.8, 4) is 73.2 Å². The van der Waals surface area contributed by atoms with Crippen LogP contribution in [0.5, 0.6) is 0 Å². The maximum Gasteiger partial charge on any atom is 0.164 e. The Morgan fingerprint density at radius 2 is 0.906 bits per heavy atom. The fraction of sp³-hybridized carbons (Fsp3) is 0. The first-order valence-electron chi connectivity index (χ1n) is 17.8. The van der Waals surface area contributed by atoms with Gasteiger partial charge in [-0.05, 0) is 81.1 Å². The molecule has 11 rings (SSSR count). The van der Waals surface area contributed by atoms with Crippen molar-refractivity contribution in [2.75, 3.05) is 0 Å². The van der Waals surface area contributed by atoms with Crippen molar-refractivity contribution in [2.24, 2.45) is 0 Å². The normalized spacial score (nSPS) is 11.8. The highest BCUT2D eigenvalue weighted by Crippen LogP contribution is 2.50. The fourth-order valence-electron chi connectivity index (χ4n) is 8.15. The van der Waals surface area contributed by atoms with Gasteiger partial charge in [-0.2, -0.15) is 0 Å².